The smallest absolute Gasteiger partial charge is 0.352 e. The molecular weight excluding hydrogens is 178 g/mol. The van der Waals surface area contributed by atoms with Gasteiger partial charge >= 0.3 is 5.97 Å². The Hall–Kier alpha value is -1.25. The minimum atomic E-state index is -0.843. The maximum absolute atomic E-state index is 11.0. The zero-order chi connectivity index (χ0) is 10.7. The lowest BCUT2D eigenvalue weighted by Gasteiger charge is -2.17. The van der Waals surface area contributed by atoms with Crippen molar-refractivity contribution in [3.63, 3.8) is 0 Å². The highest BCUT2D eigenvalue weighted by Gasteiger charge is 2.16. The molecule has 1 N–H and O–H groups in total. The first-order valence-electron chi connectivity index (χ1n) is 5.05. The summed E-state index contributed by atoms with van der Waals surface area (Å²) in [4.78, 5) is 11.0. The lowest BCUT2D eigenvalue weighted by Crippen LogP contribution is -2.14. The van der Waals surface area contributed by atoms with Gasteiger partial charge in [-0.3, -0.25) is 0 Å². The fourth-order valence-electron chi connectivity index (χ4n) is 1.66. The molecule has 0 saturated carbocycles. The van der Waals surface area contributed by atoms with Gasteiger partial charge in [0.15, 0.2) is 0 Å². The molecule has 1 aromatic rings. The van der Waals surface area contributed by atoms with Crippen molar-refractivity contribution in [2.24, 2.45) is 0 Å². The Morgan fingerprint density at radius 2 is 2.14 bits per heavy atom. The van der Waals surface area contributed by atoms with E-state index < -0.39 is 5.97 Å². The average Bonchev–Trinajstić information content (AvgIpc) is 2.59. The van der Waals surface area contributed by atoms with E-state index in [1.54, 1.807) is 6.07 Å². The zero-order valence-corrected chi connectivity index (χ0v) is 8.95. The van der Waals surface area contributed by atoms with Gasteiger partial charge in [-0.2, -0.15) is 0 Å². The van der Waals surface area contributed by atoms with Crippen LogP contribution in [0.3, 0.4) is 0 Å². The number of carboxylic acids is 1. The fraction of sp³-hybridized carbons (Fsp3) is 0.545. The summed E-state index contributed by atoms with van der Waals surface area (Å²) in [5.74, 6) is -0.843. The van der Waals surface area contributed by atoms with Crippen LogP contribution in [-0.2, 0) is 6.42 Å². The first-order chi connectivity index (χ1) is 6.61. The van der Waals surface area contributed by atoms with Crippen LogP contribution in [0.5, 0.6) is 0 Å². The number of hydrogen-bond acceptors (Lipinski definition) is 1. The van der Waals surface area contributed by atoms with Gasteiger partial charge in [0, 0.05) is 11.7 Å². The normalized spacial score (nSPS) is 12.8. The number of nitrogens with zero attached hydrogens (tertiary/aromatic N) is 1. The largest absolute Gasteiger partial charge is 0.477 e. The summed E-state index contributed by atoms with van der Waals surface area (Å²) >= 11 is 0. The van der Waals surface area contributed by atoms with Crippen molar-refractivity contribution < 1.29 is 9.90 Å². The predicted octanol–water partition coefficient (Wildman–Crippen LogP) is 2.72. The van der Waals surface area contributed by atoms with Crippen LogP contribution in [0.2, 0.25) is 0 Å². The lowest BCUT2D eigenvalue weighted by molar-refractivity contribution is 0.0682. The second-order valence-corrected chi connectivity index (χ2v) is 3.50. The Balaban J connectivity index is 3.19. The summed E-state index contributed by atoms with van der Waals surface area (Å²) in [5, 5.41) is 9.00. The minimum Gasteiger partial charge on any atom is -0.477 e. The standard InChI is InChI=1S/C11H17NO2/c1-4-8(3)12-9(5-2)6-7-10(12)11(13)14/h6-8H,4-5H2,1-3H3,(H,13,14)/t8-/m1/s1. The average molecular weight is 195 g/mol. The lowest BCUT2D eigenvalue weighted by atomic mass is 10.2. The Morgan fingerprint density at radius 1 is 1.50 bits per heavy atom. The minimum absolute atomic E-state index is 0.256. The third kappa shape index (κ3) is 1.81. The highest BCUT2D eigenvalue weighted by atomic mass is 16.4. The van der Waals surface area contributed by atoms with Gasteiger partial charge < -0.3 is 9.67 Å². The molecule has 0 amide bonds. The number of aromatic nitrogens is 1. The van der Waals surface area contributed by atoms with Gasteiger partial charge in [0.25, 0.3) is 0 Å². The van der Waals surface area contributed by atoms with Crippen molar-refractivity contribution in [2.45, 2.75) is 39.7 Å². The molecule has 78 valence electrons. The quantitative estimate of drug-likeness (QED) is 0.802. The third-order valence-corrected chi connectivity index (χ3v) is 2.62. The first kappa shape index (κ1) is 10.8. The van der Waals surface area contributed by atoms with Crippen LogP contribution < -0.4 is 0 Å². The molecule has 14 heavy (non-hydrogen) atoms. The van der Waals surface area contributed by atoms with Crippen LogP contribution in [0, 0.1) is 0 Å². The molecule has 0 spiro atoms. The molecule has 3 heteroatoms. The second kappa shape index (κ2) is 4.31. The highest BCUT2D eigenvalue weighted by molar-refractivity contribution is 5.86. The summed E-state index contributed by atoms with van der Waals surface area (Å²) in [6.45, 7) is 6.15. The van der Waals surface area contributed by atoms with Gasteiger partial charge in [-0.1, -0.05) is 13.8 Å². The van der Waals surface area contributed by atoms with Crippen molar-refractivity contribution in [3.8, 4) is 0 Å². The van der Waals surface area contributed by atoms with E-state index in [-0.39, 0.29) is 6.04 Å². The molecule has 1 atom stereocenters. The van der Waals surface area contributed by atoms with E-state index >= 15 is 0 Å². The Bertz CT molecular complexity index is 328. The van der Waals surface area contributed by atoms with E-state index in [2.05, 4.69) is 6.92 Å². The van der Waals surface area contributed by atoms with E-state index in [0.717, 1.165) is 18.5 Å². The van der Waals surface area contributed by atoms with Gasteiger partial charge in [0.2, 0.25) is 0 Å². The molecule has 0 aliphatic heterocycles. The number of rotatable bonds is 4. The van der Waals surface area contributed by atoms with Crippen molar-refractivity contribution in [1.82, 2.24) is 4.57 Å². The van der Waals surface area contributed by atoms with Crippen LogP contribution >= 0.6 is 0 Å². The molecule has 1 heterocycles. The molecule has 1 rings (SSSR count). The monoisotopic (exact) mass is 195 g/mol. The van der Waals surface area contributed by atoms with Crippen LogP contribution in [0.1, 0.15) is 49.4 Å². The van der Waals surface area contributed by atoms with Gasteiger partial charge in [-0.05, 0) is 31.9 Å². The van der Waals surface area contributed by atoms with E-state index in [9.17, 15) is 4.79 Å². The van der Waals surface area contributed by atoms with Gasteiger partial charge in [0.05, 0.1) is 0 Å². The maximum atomic E-state index is 11.0. The Labute approximate surface area is 84.4 Å². The number of aryl methyl sites for hydroxylation is 1. The summed E-state index contributed by atoms with van der Waals surface area (Å²) in [6, 6.07) is 3.84. The Morgan fingerprint density at radius 3 is 2.57 bits per heavy atom. The zero-order valence-electron chi connectivity index (χ0n) is 8.95. The molecule has 0 unspecified atom stereocenters. The third-order valence-electron chi connectivity index (χ3n) is 2.62. The van der Waals surface area contributed by atoms with E-state index in [1.807, 2.05) is 24.5 Å². The summed E-state index contributed by atoms with van der Waals surface area (Å²) < 4.78 is 1.92. The van der Waals surface area contributed by atoms with Gasteiger partial charge in [-0.15, -0.1) is 0 Å². The first-order valence-corrected chi connectivity index (χ1v) is 5.05. The van der Waals surface area contributed by atoms with Crippen LogP contribution in [0.15, 0.2) is 12.1 Å². The maximum Gasteiger partial charge on any atom is 0.352 e. The van der Waals surface area contributed by atoms with Crippen LogP contribution in [0.25, 0.3) is 0 Å². The van der Waals surface area contributed by atoms with Gasteiger partial charge in [0.1, 0.15) is 5.69 Å². The van der Waals surface area contributed by atoms with Crippen LogP contribution in [0.4, 0.5) is 0 Å². The topological polar surface area (TPSA) is 42.2 Å². The Kier molecular flexibility index (Phi) is 3.33. The number of aromatic carboxylic acids is 1. The van der Waals surface area contributed by atoms with Crippen molar-refractivity contribution in [3.05, 3.63) is 23.5 Å². The molecule has 0 bridgehead atoms. The molecule has 0 aliphatic carbocycles. The molecule has 1 aromatic heterocycles. The molecule has 0 saturated heterocycles. The molecule has 0 fully saturated rings. The predicted molar refractivity (Wildman–Crippen MR) is 55.8 cm³/mol. The number of carbonyl (C=O) groups is 1. The second-order valence-electron chi connectivity index (χ2n) is 3.50. The summed E-state index contributed by atoms with van der Waals surface area (Å²) in [5.41, 5.74) is 1.49. The van der Waals surface area contributed by atoms with Gasteiger partial charge in [-0.25, -0.2) is 4.79 Å². The highest BCUT2D eigenvalue weighted by Crippen LogP contribution is 2.19. The molecular formula is C11H17NO2. The van der Waals surface area contributed by atoms with E-state index in [0.29, 0.717) is 5.69 Å². The van der Waals surface area contributed by atoms with E-state index in [4.69, 9.17) is 5.11 Å². The molecule has 0 aliphatic rings. The number of hydrogen-bond donors (Lipinski definition) is 1. The SMILES string of the molecule is CCc1ccc(C(=O)O)n1[C@H](C)CC. The van der Waals surface area contributed by atoms with Crippen molar-refractivity contribution >= 4 is 5.97 Å². The molecule has 3 nitrogen and oxygen atoms in total. The number of carboxylic acid groups (broad SMARTS) is 1. The van der Waals surface area contributed by atoms with Crippen molar-refractivity contribution in [2.75, 3.05) is 0 Å². The molecule has 0 aromatic carbocycles. The summed E-state index contributed by atoms with van der Waals surface area (Å²) in [7, 11) is 0. The summed E-state index contributed by atoms with van der Waals surface area (Å²) in [6.07, 6.45) is 1.82. The van der Waals surface area contributed by atoms with Crippen molar-refractivity contribution in [1.29, 1.82) is 0 Å². The fourth-order valence-corrected chi connectivity index (χ4v) is 1.66. The van der Waals surface area contributed by atoms with Crippen LogP contribution in [-0.4, -0.2) is 15.6 Å². The van der Waals surface area contributed by atoms with E-state index in [1.165, 1.54) is 0 Å². The molecule has 0 radical (unpaired) electrons.